The van der Waals surface area contributed by atoms with Crippen molar-refractivity contribution in [3.8, 4) is 11.5 Å². The van der Waals surface area contributed by atoms with Crippen LogP contribution in [0.15, 0.2) is 18.2 Å². The Morgan fingerprint density at radius 1 is 1.46 bits per heavy atom. The number of hydrogen-bond donors (Lipinski definition) is 1. The first-order valence-electron chi connectivity index (χ1n) is 3.85. The Bertz CT molecular complexity index is 276. The molecule has 0 aliphatic rings. The highest BCUT2D eigenvalue weighted by molar-refractivity contribution is 5.34. The van der Waals surface area contributed by atoms with Crippen molar-refractivity contribution < 1.29 is 19.0 Å². The summed E-state index contributed by atoms with van der Waals surface area (Å²) in [5, 5.41) is 8.47. The third-order valence-corrected chi connectivity index (χ3v) is 1.49. The number of halogens is 1. The number of methoxy groups -OCH3 is 1. The number of benzene rings is 1. The van der Waals surface area contributed by atoms with E-state index in [1.165, 1.54) is 25.3 Å². The smallest absolute Gasteiger partial charge is 0.165 e. The Morgan fingerprint density at radius 2 is 2.23 bits per heavy atom. The minimum absolute atomic E-state index is 0.0735. The van der Waals surface area contributed by atoms with Crippen molar-refractivity contribution in [1.82, 2.24) is 0 Å². The van der Waals surface area contributed by atoms with Crippen molar-refractivity contribution in [2.75, 3.05) is 20.3 Å². The van der Waals surface area contributed by atoms with Gasteiger partial charge in [-0.2, -0.15) is 0 Å². The van der Waals surface area contributed by atoms with Crippen LogP contribution in [0.2, 0.25) is 0 Å². The molecule has 13 heavy (non-hydrogen) atoms. The SMILES string of the molecule is COc1ccc(F)c(OCCO)c1. The molecule has 1 aromatic rings. The largest absolute Gasteiger partial charge is 0.497 e. The number of ether oxygens (including phenoxy) is 2. The molecule has 0 aliphatic heterocycles. The van der Waals surface area contributed by atoms with Gasteiger partial charge in [0, 0.05) is 6.07 Å². The lowest BCUT2D eigenvalue weighted by Crippen LogP contribution is -2.03. The van der Waals surface area contributed by atoms with E-state index in [-0.39, 0.29) is 19.0 Å². The molecule has 0 bridgehead atoms. The molecule has 0 heterocycles. The zero-order valence-electron chi connectivity index (χ0n) is 7.29. The first kappa shape index (κ1) is 9.80. The molecule has 0 fully saturated rings. The molecular formula is C9H11FO3. The highest BCUT2D eigenvalue weighted by atomic mass is 19.1. The van der Waals surface area contributed by atoms with Crippen LogP contribution in [0.3, 0.4) is 0 Å². The van der Waals surface area contributed by atoms with Gasteiger partial charge in [-0.05, 0) is 12.1 Å². The maximum absolute atomic E-state index is 13.0. The van der Waals surface area contributed by atoms with Gasteiger partial charge in [-0.3, -0.25) is 0 Å². The van der Waals surface area contributed by atoms with Gasteiger partial charge in [-0.15, -0.1) is 0 Å². The van der Waals surface area contributed by atoms with Crippen LogP contribution < -0.4 is 9.47 Å². The Hall–Kier alpha value is -1.29. The first-order valence-corrected chi connectivity index (χ1v) is 3.85. The average Bonchev–Trinajstić information content (AvgIpc) is 2.17. The number of rotatable bonds is 4. The van der Waals surface area contributed by atoms with E-state index < -0.39 is 5.82 Å². The quantitative estimate of drug-likeness (QED) is 0.768. The molecule has 0 amide bonds. The minimum atomic E-state index is -0.464. The molecule has 1 rings (SSSR count). The summed E-state index contributed by atoms with van der Waals surface area (Å²) in [5.74, 6) is 0.150. The zero-order chi connectivity index (χ0) is 9.68. The van der Waals surface area contributed by atoms with Crippen LogP contribution in [0.4, 0.5) is 4.39 Å². The van der Waals surface area contributed by atoms with E-state index in [1.807, 2.05) is 0 Å². The molecule has 1 aromatic carbocycles. The van der Waals surface area contributed by atoms with Gasteiger partial charge in [0.05, 0.1) is 13.7 Å². The van der Waals surface area contributed by atoms with Crippen molar-refractivity contribution in [2.45, 2.75) is 0 Å². The molecule has 0 aromatic heterocycles. The summed E-state index contributed by atoms with van der Waals surface area (Å²) in [5.41, 5.74) is 0. The lowest BCUT2D eigenvalue weighted by molar-refractivity contribution is 0.196. The number of aliphatic hydroxyl groups is 1. The van der Waals surface area contributed by atoms with Crippen molar-refractivity contribution in [3.63, 3.8) is 0 Å². The highest BCUT2D eigenvalue weighted by Gasteiger charge is 2.04. The lowest BCUT2D eigenvalue weighted by atomic mass is 10.3. The van der Waals surface area contributed by atoms with E-state index in [2.05, 4.69) is 0 Å². The lowest BCUT2D eigenvalue weighted by Gasteiger charge is -2.06. The predicted octanol–water partition coefficient (Wildman–Crippen LogP) is 1.21. The van der Waals surface area contributed by atoms with E-state index in [4.69, 9.17) is 14.6 Å². The molecule has 0 aliphatic carbocycles. The molecule has 0 saturated heterocycles. The summed E-state index contributed by atoms with van der Waals surface area (Å²) in [6, 6.07) is 4.19. The maximum atomic E-state index is 13.0. The Labute approximate surface area is 75.7 Å². The van der Waals surface area contributed by atoms with Crippen LogP contribution >= 0.6 is 0 Å². The third kappa shape index (κ3) is 2.59. The molecular weight excluding hydrogens is 175 g/mol. The van der Waals surface area contributed by atoms with E-state index in [0.717, 1.165) is 0 Å². The van der Waals surface area contributed by atoms with Crippen molar-refractivity contribution in [2.24, 2.45) is 0 Å². The van der Waals surface area contributed by atoms with Gasteiger partial charge in [-0.25, -0.2) is 4.39 Å². The molecule has 1 N–H and O–H groups in total. The summed E-state index contributed by atoms with van der Waals surface area (Å²) in [6.07, 6.45) is 0. The summed E-state index contributed by atoms with van der Waals surface area (Å²) in [4.78, 5) is 0. The summed E-state index contributed by atoms with van der Waals surface area (Å²) in [6.45, 7) is -0.0687. The molecule has 0 spiro atoms. The summed E-state index contributed by atoms with van der Waals surface area (Å²) >= 11 is 0. The van der Waals surface area contributed by atoms with E-state index in [9.17, 15) is 4.39 Å². The number of aliphatic hydroxyl groups excluding tert-OH is 1. The molecule has 0 atom stereocenters. The van der Waals surface area contributed by atoms with Crippen LogP contribution in [0, 0.1) is 5.82 Å². The summed E-state index contributed by atoms with van der Waals surface area (Å²) in [7, 11) is 1.49. The third-order valence-electron chi connectivity index (χ3n) is 1.49. The second-order valence-electron chi connectivity index (χ2n) is 2.37. The highest BCUT2D eigenvalue weighted by Crippen LogP contribution is 2.22. The predicted molar refractivity (Wildman–Crippen MR) is 45.5 cm³/mol. The van der Waals surface area contributed by atoms with Gasteiger partial charge in [-0.1, -0.05) is 0 Å². The zero-order valence-corrected chi connectivity index (χ0v) is 7.29. The fraction of sp³-hybridized carbons (Fsp3) is 0.333. The van der Waals surface area contributed by atoms with Crippen LogP contribution in [-0.4, -0.2) is 25.4 Å². The van der Waals surface area contributed by atoms with Crippen molar-refractivity contribution in [3.05, 3.63) is 24.0 Å². The molecule has 3 nitrogen and oxygen atoms in total. The first-order chi connectivity index (χ1) is 6.27. The second-order valence-corrected chi connectivity index (χ2v) is 2.37. The standard InChI is InChI=1S/C9H11FO3/c1-12-7-2-3-8(10)9(6-7)13-5-4-11/h2-3,6,11H,4-5H2,1H3. The van der Waals surface area contributed by atoms with Crippen LogP contribution in [0.5, 0.6) is 11.5 Å². The minimum Gasteiger partial charge on any atom is -0.497 e. The molecule has 4 heteroatoms. The number of hydrogen-bond acceptors (Lipinski definition) is 3. The van der Waals surface area contributed by atoms with E-state index in [1.54, 1.807) is 0 Å². The Balaban J connectivity index is 2.78. The fourth-order valence-electron chi connectivity index (χ4n) is 0.877. The molecule has 0 saturated carbocycles. The van der Waals surface area contributed by atoms with E-state index in [0.29, 0.717) is 5.75 Å². The van der Waals surface area contributed by atoms with Gasteiger partial charge in [0.15, 0.2) is 11.6 Å². The van der Waals surface area contributed by atoms with Gasteiger partial charge in [0.25, 0.3) is 0 Å². The topological polar surface area (TPSA) is 38.7 Å². The fourth-order valence-corrected chi connectivity index (χ4v) is 0.877. The van der Waals surface area contributed by atoms with Gasteiger partial charge >= 0.3 is 0 Å². The van der Waals surface area contributed by atoms with Gasteiger partial charge < -0.3 is 14.6 Å². The second kappa shape index (κ2) is 4.67. The molecule has 0 radical (unpaired) electrons. The van der Waals surface area contributed by atoms with Crippen molar-refractivity contribution in [1.29, 1.82) is 0 Å². The normalized spacial score (nSPS) is 9.77. The molecule has 0 unspecified atom stereocenters. The Morgan fingerprint density at radius 3 is 2.85 bits per heavy atom. The summed E-state index contributed by atoms with van der Waals surface area (Å²) < 4.78 is 22.8. The van der Waals surface area contributed by atoms with Crippen LogP contribution in [0.25, 0.3) is 0 Å². The van der Waals surface area contributed by atoms with Crippen LogP contribution in [-0.2, 0) is 0 Å². The molecule has 72 valence electrons. The maximum Gasteiger partial charge on any atom is 0.165 e. The Kier molecular flexibility index (Phi) is 3.52. The van der Waals surface area contributed by atoms with E-state index >= 15 is 0 Å². The average molecular weight is 186 g/mol. The van der Waals surface area contributed by atoms with Gasteiger partial charge in [0.1, 0.15) is 12.4 Å². The van der Waals surface area contributed by atoms with Crippen molar-refractivity contribution >= 4 is 0 Å². The monoisotopic (exact) mass is 186 g/mol. The van der Waals surface area contributed by atoms with Crippen LogP contribution in [0.1, 0.15) is 0 Å². The van der Waals surface area contributed by atoms with Gasteiger partial charge in [0.2, 0.25) is 0 Å².